The monoisotopic (exact) mass is 288 g/mol. The summed E-state index contributed by atoms with van der Waals surface area (Å²) in [5.41, 5.74) is 0.754. The molecule has 1 aromatic rings. The molecule has 0 atom stereocenters. The van der Waals surface area contributed by atoms with Gasteiger partial charge < -0.3 is 5.11 Å². The van der Waals surface area contributed by atoms with Crippen LogP contribution in [0.15, 0.2) is 17.0 Å². The maximum atomic E-state index is 12.0. The molecule has 0 bridgehead atoms. The van der Waals surface area contributed by atoms with Crippen LogP contribution < -0.4 is 4.72 Å². The second-order valence-electron chi connectivity index (χ2n) is 4.12. The molecule has 8 heteroatoms. The summed E-state index contributed by atoms with van der Waals surface area (Å²) in [5.74, 6) is 0. The molecule has 106 valence electrons. The van der Waals surface area contributed by atoms with Crippen LogP contribution in [0.1, 0.15) is 17.5 Å². The topological polar surface area (TPSA) is 110 Å². The van der Waals surface area contributed by atoms with Crippen molar-refractivity contribution in [3.05, 3.63) is 33.4 Å². The first-order valence-corrected chi connectivity index (χ1v) is 7.14. The molecular formula is C11H16N2O5S. The Kier molecular flexibility index (Phi) is 4.98. The summed E-state index contributed by atoms with van der Waals surface area (Å²) in [6.45, 7) is 3.17. The van der Waals surface area contributed by atoms with E-state index in [9.17, 15) is 18.5 Å². The van der Waals surface area contributed by atoms with Crippen molar-refractivity contribution in [3.63, 3.8) is 0 Å². The number of nitro benzene ring substituents is 1. The number of rotatable bonds is 6. The van der Waals surface area contributed by atoms with E-state index in [1.807, 2.05) is 0 Å². The minimum Gasteiger partial charge on any atom is -0.396 e. The lowest BCUT2D eigenvalue weighted by atomic mass is 10.1. The zero-order valence-electron chi connectivity index (χ0n) is 10.7. The van der Waals surface area contributed by atoms with Gasteiger partial charge in [0.25, 0.3) is 5.69 Å². The first kappa shape index (κ1) is 15.5. The smallest absolute Gasteiger partial charge is 0.271 e. The average Bonchev–Trinajstić information content (AvgIpc) is 2.32. The number of benzene rings is 1. The van der Waals surface area contributed by atoms with E-state index in [1.54, 1.807) is 13.8 Å². The van der Waals surface area contributed by atoms with Crippen LogP contribution in [0.25, 0.3) is 0 Å². The molecule has 0 saturated heterocycles. The molecule has 0 fully saturated rings. The summed E-state index contributed by atoms with van der Waals surface area (Å²) in [6, 6.07) is 2.38. The highest BCUT2D eigenvalue weighted by Gasteiger charge is 2.21. The lowest BCUT2D eigenvalue weighted by molar-refractivity contribution is -0.385. The van der Waals surface area contributed by atoms with E-state index in [-0.39, 0.29) is 30.2 Å². The van der Waals surface area contributed by atoms with Crippen LogP contribution in [0.2, 0.25) is 0 Å². The van der Waals surface area contributed by atoms with Crippen molar-refractivity contribution >= 4 is 15.7 Å². The van der Waals surface area contributed by atoms with Gasteiger partial charge in [0.2, 0.25) is 10.0 Å². The van der Waals surface area contributed by atoms with Gasteiger partial charge in [0, 0.05) is 25.3 Å². The van der Waals surface area contributed by atoms with Crippen LogP contribution in [0.4, 0.5) is 5.69 Å². The van der Waals surface area contributed by atoms with Crippen LogP contribution in [0, 0.1) is 24.0 Å². The molecule has 0 aliphatic rings. The van der Waals surface area contributed by atoms with E-state index in [4.69, 9.17) is 5.11 Å². The Balaban J connectivity index is 3.21. The lowest BCUT2D eigenvalue weighted by Crippen LogP contribution is -2.26. The fourth-order valence-electron chi connectivity index (χ4n) is 1.56. The number of hydrogen-bond acceptors (Lipinski definition) is 5. The number of aliphatic hydroxyl groups is 1. The van der Waals surface area contributed by atoms with Gasteiger partial charge in [0.05, 0.1) is 9.82 Å². The average molecular weight is 288 g/mol. The van der Waals surface area contributed by atoms with Crippen molar-refractivity contribution in [1.29, 1.82) is 0 Å². The minimum absolute atomic E-state index is 0.0833. The molecule has 0 radical (unpaired) electrons. The maximum Gasteiger partial charge on any atom is 0.271 e. The summed E-state index contributed by atoms with van der Waals surface area (Å²) >= 11 is 0. The van der Waals surface area contributed by atoms with Crippen molar-refractivity contribution in [2.75, 3.05) is 13.2 Å². The number of sulfonamides is 1. The molecule has 0 spiro atoms. The molecule has 0 aliphatic heterocycles. The molecule has 0 heterocycles. The molecule has 1 rings (SSSR count). The number of non-ortho nitro benzene ring substituents is 1. The van der Waals surface area contributed by atoms with E-state index in [1.165, 1.54) is 6.07 Å². The van der Waals surface area contributed by atoms with E-state index >= 15 is 0 Å². The van der Waals surface area contributed by atoms with Gasteiger partial charge in [-0.1, -0.05) is 0 Å². The number of aryl methyl sites for hydroxylation is 1. The fraction of sp³-hybridized carbons (Fsp3) is 0.455. The fourth-order valence-corrected chi connectivity index (χ4v) is 2.97. The van der Waals surface area contributed by atoms with Gasteiger partial charge in [0.15, 0.2) is 0 Å². The van der Waals surface area contributed by atoms with Crippen LogP contribution >= 0.6 is 0 Å². The van der Waals surface area contributed by atoms with Crippen molar-refractivity contribution in [2.24, 2.45) is 0 Å². The van der Waals surface area contributed by atoms with Gasteiger partial charge >= 0.3 is 0 Å². The van der Waals surface area contributed by atoms with Crippen molar-refractivity contribution in [1.82, 2.24) is 4.72 Å². The van der Waals surface area contributed by atoms with Crippen LogP contribution in [0.3, 0.4) is 0 Å². The number of nitro groups is 1. The zero-order chi connectivity index (χ0) is 14.6. The maximum absolute atomic E-state index is 12.0. The highest BCUT2D eigenvalue weighted by molar-refractivity contribution is 7.89. The molecule has 19 heavy (non-hydrogen) atoms. The van der Waals surface area contributed by atoms with Crippen molar-refractivity contribution < 1.29 is 18.4 Å². The molecule has 0 aliphatic carbocycles. The third-order valence-electron chi connectivity index (χ3n) is 2.73. The SMILES string of the molecule is Cc1cc([N+](=O)[O-])cc(S(=O)(=O)NCCCO)c1C. The van der Waals surface area contributed by atoms with Gasteiger partial charge in [-0.05, 0) is 31.4 Å². The normalized spacial score (nSPS) is 11.5. The Hall–Kier alpha value is -1.51. The predicted molar refractivity (Wildman–Crippen MR) is 69.5 cm³/mol. The Morgan fingerprint density at radius 1 is 1.37 bits per heavy atom. The first-order valence-electron chi connectivity index (χ1n) is 5.65. The molecule has 0 saturated carbocycles. The number of hydrogen-bond donors (Lipinski definition) is 2. The number of nitrogens with zero attached hydrogens (tertiary/aromatic N) is 1. The molecular weight excluding hydrogens is 272 g/mol. The molecule has 0 unspecified atom stereocenters. The minimum atomic E-state index is -3.81. The van der Waals surface area contributed by atoms with E-state index < -0.39 is 14.9 Å². The summed E-state index contributed by atoms with van der Waals surface area (Å²) in [7, 11) is -3.81. The Labute approximate surface area is 111 Å². The zero-order valence-corrected chi connectivity index (χ0v) is 11.5. The molecule has 0 amide bonds. The summed E-state index contributed by atoms with van der Waals surface area (Å²) in [5, 5.41) is 19.4. The number of aliphatic hydroxyl groups excluding tert-OH is 1. The molecule has 0 aromatic heterocycles. The highest BCUT2D eigenvalue weighted by Crippen LogP contribution is 2.25. The lowest BCUT2D eigenvalue weighted by Gasteiger charge is -2.10. The van der Waals surface area contributed by atoms with E-state index in [0.29, 0.717) is 11.1 Å². The van der Waals surface area contributed by atoms with Gasteiger partial charge in [-0.25, -0.2) is 13.1 Å². The van der Waals surface area contributed by atoms with E-state index in [2.05, 4.69) is 4.72 Å². The number of nitrogens with one attached hydrogen (secondary N) is 1. The Bertz CT molecular complexity index is 583. The second kappa shape index (κ2) is 6.09. The summed E-state index contributed by atoms with van der Waals surface area (Å²) < 4.78 is 26.4. The molecule has 2 N–H and O–H groups in total. The Morgan fingerprint density at radius 2 is 2.00 bits per heavy atom. The van der Waals surface area contributed by atoms with Gasteiger partial charge in [0.1, 0.15) is 0 Å². The van der Waals surface area contributed by atoms with Gasteiger partial charge in [-0.15, -0.1) is 0 Å². The largest absolute Gasteiger partial charge is 0.396 e. The summed E-state index contributed by atoms with van der Waals surface area (Å²) in [6.07, 6.45) is 0.284. The van der Waals surface area contributed by atoms with Gasteiger partial charge in [-0.2, -0.15) is 0 Å². The standard InChI is InChI=1S/C11H16N2O5S/c1-8-6-10(13(15)16)7-11(9(8)2)19(17,18)12-4-3-5-14/h6-7,12,14H,3-5H2,1-2H3. The predicted octanol–water partition coefficient (Wildman–Crippen LogP) is 0.872. The molecule has 7 nitrogen and oxygen atoms in total. The first-order chi connectivity index (χ1) is 8.79. The van der Waals surface area contributed by atoms with Gasteiger partial charge in [-0.3, -0.25) is 10.1 Å². The Morgan fingerprint density at radius 3 is 2.53 bits per heavy atom. The van der Waals surface area contributed by atoms with Crippen molar-refractivity contribution in [3.8, 4) is 0 Å². The van der Waals surface area contributed by atoms with Crippen LogP contribution in [-0.2, 0) is 10.0 Å². The second-order valence-corrected chi connectivity index (χ2v) is 5.85. The summed E-state index contributed by atoms with van der Waals surface area (Å²) in [4.78, 5) is 10.0. The quantitative estimate of drug-likeness (QED) is 0.458. The molecule has 1 aromatic carbocycles. The highest BCUT2D eigenvalue weighted by atomic mass is 32.2. The van der Waals surface area contributed by atoms with Crippen molar-refractivity contribution in [2.45, 2.75) is 25.2 Å². The van der Waals surface area contributed by atoms with E-state index in [0.717, 1.165) is 6.07 Å². The third kappa shape index (κ3) is 3.72. The van der Waals surface area contributed by atoms with Crippen LogP contribution in [0.5, 0.6) is 0 Å². The third-order valence-corrected chi connectivity index (χ3v) is 4.32. The van der Waals surface area contributed by atoms with Crippen LogP contribution in [-0.4, -0.2) is 31.6 Å².